The summed E-state index contributed by atoms with van der Waals surface area (Å²) in [5.74, 6) is 1.71. The van der Waals surface area contributed by atoms with Gasteiger partial charge < -0.3 is 8.83 Å². The van der Waals surface area contributed by atoms with Crippen LogP contribution in [0.1, 0.15) is 0 Å². The second-order valence-electron chi connectivity index (χ2n) is 11.0. The van der Waals surface area contributed by atoms with Crippen molar-refractivity contribution in [2.24, 2.45) is 0 Å². The van der Waals surface area contributed by atoms with E-state index in [-0.39, 0.29) is 0 Å². The Bertz CT molecular complexity index is 2550. The number of para-hydroxylation sites is 3. The van der Waals surface area contributed by atoms with E-state index in [1.54, 1.807) is 0 Å². The molecule has 6 heteroatoms. The number of benzene rings is 6. The van der Waals surface area contributed by atoms with E-state index >= 15 is 0 Å². The SMILES string of the molecule is Brc1ccc(-c2ccc(-c3nc(-c4ccc5oc6ccccc6c5c4)nc(-c4cccc5c4oc4ccccc45)n3)cc2)cc1. The monoisotopic (exact) mass is 643 g/mol. The van der Waals surface area contributed by atoms with Gasteiger partial charge in [-0.05, 0) is 59.7 Å². The molecule has 5 nitrogen and oxygen atoms in total. The zero-order chi connectivity index (χ0) is 29.9. The average molecular weight is 645 g/mol. The fourth-order valence-electron chi connectivity index (χ4n) is 6.00. The van der Waals surface area contributed by atoms with Crippen molar-refractivity contribution >= 4 is 59.8 Å². The van der Waals surface area contributed by atoms with Gasteiger partial charge in [0, 0.05) is 37.1 Å². The molecular weight excluding hydrogens is 622 g/mol. The molecule has 45 heavy (non-hydrogen) atoms. The number of aromatic nitrogens is 3. The van der Waals surface area contributed by atoms with Gasteiger partial charge in [0.05, 0.1) is 5.56 Å². The second-order valence-corrected chi connectivity index (χ2v) is 11.9. The number of nitrogens with zero attached hydrogens (tertiary/aromatic N) is 3. The third-order valence-corrected chi connectivity index (χ3v) is 8.76. The Balaban J connectivity index is 1.24. The third kappa shape index (κ3) is 4.41. The first-order valence-electron chi connectivity index (χ1n) is 14.6. The molecule has 3 aromatic heterocycles. The van der Waals surface area contributed by atoms with Gasteiger partial charge in [0.2, 0.25) is 0 Å². The van der Waals surface area contributed by atoms with E-state index in [2.05, 4.69) is 76.6 Å². The van der Waals surface area contributed by atoms with Crippen LogP contribution < -0.4 is 0 Å². The maximum Gasteiger partial charge on any atom is 0.167 e. The van der Waals surface area contributed by atoms with Gasteiger partial charge >= 0.3 is 0 Å². The van der Waals surface area contributed by atoms with Gasteiger partial charge in [0.1, 0.15) is 22.3 Å². The Labute approximate surface area is 266 Å². The van der Waals surface area contributed by atoms with Crippen LogP contribution in [0.2, 0.25) is 0 Å². The number of halogens is 1. The van der Waals surface area contributed by atoms with Gasteiger partial charge in [-0.3, -0.25) is 0 Å². The highest BCUT2D eigenvalue weighted by Crippen LogP contribution is 2.37. The molecule has 0 amide bonds. The molecule has 0 bridgehead atoms. The fraction of sp³-hybridized carbons (Fsp3) is 0. The van der Waals surface area contributed by atoms with Crippen LogP contribution >= 0.6 is 15.9 Å². The van der Waals surface area contributed by atoms with Crippen LogP contribution in [-0.2, 0) is 0 Å². The van der Waals surface area contributed by atoms with Crippen molar-refractivity contribution in [3.8, 4) is 45.3 Å². The summed E-state index contributed by atoms with van der Waals surface area (Å²) in [6.45, 7) is 0. The summed E-state index contributed by atoms with van der Waals surface area (Å²) in [5.41, 5.74) is 8.10. The minimum absolute atomic E-state index is 0.550. The van der Waals surface area contributed by atoms with E-state index in [1.807, 2.05) is 72.8 Å². The highest BCUT2D eigenvalue weighted by atomic mass is 79.9. The predicted octanol–water partition coefficient (Wildman–Crippen LogP) is 11.1. The van der Waals surface area contributed by atoms with Gasteiger partial charge in [-0.1, -0.05) is 101 Å². The Kier molecular flexibility index (Phi) is 5.89. The zero-order valence-corrected chi connectivity index (χ0v) is 25.3. The van der Waals surface area contributed by atoms with Crippen molar-refractivity contribution in [2.45, 2.75) is 0 Å². The van der Waals surface area contributed by atoms with Crippen molar-refractivity contribution < 1.29 is 8.83 Å². The topological polar surface area (TPSA) is 65.0 Å². The van der Waals surface area contributed by atoms with Gasteiger partial charge in [0.15, 0.2) is 17.5 Å². The summed E-state index contributed by atoms with van der Waals surface area (Å²) in [7, 11) is 0. The predicted molar refractivity (Wildman–Crippen MR) is 184 cm³/mol. The smallest absolute Gasteiger partial charge is 0.167 e. The molecule has 0 saturated heterocycles. The fourth-order valence-corrected chi connectivity index (χ4v) is 6.26. The molecule has 0 fully saturated rings. The van der Waals surface area contributed by atoms with E-state index < -0.39 is 0 Å². The highest BCUT2D eigenvalue weighted by molar-refractivity contribution is 9.10. The molecule has 0 radical (unpaired) electrons. The lowest BCUT2D eigenvalue weighted by molar-refractivity contribution is 0.669. The van der Waals surface area contributed by atoms with Crippen LogP contribution in [0.4, 0.5) is 0 Å². The van der Waals surface area contributed by atoms with E-state index in [0.29, 0.717) is 17.5 Å². The molecule has 6 aromatic carbocycles. The molecule has 0 saturated carbocycles. The molecule has 0 atom stereocenters. The van der Waals surface area contributed by atoms with Gasteiger partial charge in [-0.25, -0.2) is 15.0 Å². The van der Waals surface area contributed by atoms with Crippen molar-refractivity contribution in [1.82, 2.24) is 15.0 Å². The van der Waals surface area contributed by atoms with Crippen LogP contribution in [0.15, 0.2) is 147 Å². The quantitative estimate of drug-likeness (QED) is 0.191. The number of furan rings is 2. The lowest BCUT2D eigenvalue weighted by Crippen LogP contribution is -2.00. The van der Waals surface area contributed by atoms with Crippen LogP contribution in [0.5, 0.6) is 0 Å². The standard InChI is InChI=1S/C39H22BrN3O2/c40-27-19-16-24(17-20-27)23-12-14-25(15-13-23)37-41-38(26-18-21-35-32(22-26)29-7-2-3-10-33(29)44-35)43-39(42-37)31-9-5-8-30-28-6-1-4-11-34(28)45-36(30)31/h1-22H. The largest absolute Gasteiger partial charge is 0.456 e. The lowest BCUT2D eigenvalue weighted by atomic mass is 10.0. The Hall–Kier alpha value is -5.59. The molecule has 0 aliphatic heterocycles. The molecule has 0 spiro atoms. The summed E-state index contributed by atoms with van der Waals surface area (Å²) in [5, 5.41) is 4.16. The molecule has 212 valence electrons. The van der Waals surface area contributed by atoms with Gasteiger partial charge in [-0.15, -0.1) is 0 Å². The normalized spacial score (nSPS) is 11.7. The van der Waals surface area contributed by atoms with E-state index in [1.165, 1.54) is 0 Å². The van der Waals surface area contributed by atoms with Crippen molar-refractivity contribution in [3.05, 3.63) is 138 Å². The average Bonchev–Trinajstić information content (AvgIpc) is 3.67. The number of fused-ring (bicyclic) bond motifs is 6. The number of hydrogen-bond donors (Lipinski definition) is 0. The summed E-state index contributed by atoms with van der Waals surface area (Å²) >= 11 is 3.53. The van der Waals surface area contributed by atoms with Crippen LogP contribution in [0.3, 0.4) is 0 Å². The minimum Gasteiger partial charge on any atom is -0.456 e. The lowest BCUT2D eigenvalue weighted by Gasteiger charge is -2.10. The van der Waals surface area contributed by atoms with Crippen molar-refractivity contribution in [1.29, 1.82) is 0 Å². The maximum absolute atomic E-state index is 6.38. The van der Waals surface area contributed by atoms with E-state index in [9.17, 15) is 0 Å². The summed E-state index contributed by atoms with van der Waals surface area (Å²) in [4.78, 5) is 15.1. The van der Waals surface area contributed by atoms with Gasteiger partial charge in [-0.2, -0.15) is 0 Å². The Morgan fingerprint density at radius 2 is 0.933 bits per heavy atom. The molecule has 3 heterocycles. The summed E-state index contributed by atoms with van der Waals surface area (Å²) < 4.78 is 13.5. The van der Waals surface area contributed by atoms with Crippen molar-refractivity contribution in [2.75, 3.05) is 0 Å². The van der Waals surface area contributed by atoms with Crippen LogP contribution in [0.25, 0.3) is 89.2 Å². The first kappa shape index (κ1) is 25.9. The first-order chi connectivity index (χ1) is 22.2. The number of hydrogen-bond acceptors (Lipinski definition) is 5. The van der Waals surface area contributed by atoms with Crippen LogP contribution in [0, 0.1) is 0 Å². The molecule has 0 aliphatic carbocycles. The molecule has 0 aliphatic rings. The molecular formula is C39H22BrN3O2. The highest BCUT2D eigenvalue weighted by Gasteiger charge is 2.18. The zero-order valence-electron chi connectivity index (χ0n) is 23.7. The summed E-state index contributed by atoms with van der Waals surface area (Å²) in [6, 6.07) is 45.0. The molecule has 0 unspecified atom stereocenters. The van der Waals surface area contributed by atoms with E-state index in [4.69, 9.17) is 23.8 Å². The summed E-state index contributed by atoms with van der Waals surface area (Å²) in [6.07, 6.45) is 0. The first-order valence-corrected chi connectivity index (χ1v) is 15.4. The Morgan fingerprint density at radius 3 is 1.69 bits per heavy atom. The molecule has 0 N–H and O–H groups in total. The molecule has 9 aromatic rings. The minimum atomic E-state index is 0.550. The Morgan fingerprint density at radius 1 is 0.400 bits per heavy atom. The van der Waals surface area contributed by atoms with E-state index in [0.717, 1.165) is 76.2 Å². The van der Waals surface area contributed by atoms with Crippen molar-refractivity contribution in [3.63, 3.8) is 0 Å². The van der Waals surface area contributed by atoms with Crippen LogP contribution in [-0.4, -0.2) is 15.0 Å². The third-order valence-electron chi connectivity index (χ3n) is 8.24. The second kappa shape index (κ2) is 10.3. The number of rotatable bonds is 4. The maximum atomic E-state index is 6.38. The molecule has 9 rings (SSSR count). The van der Waals surface area contributed by atoms with Gasteiger partial charge in [0.25, 0.3) is 0 Å².